The van der Waals surface area contributed by atoms with Crippen molar-refractivity contribution < 1.29 is 4.39 Å². The van der Waals surface area contributed by atoms with E-state index in [1.165, 1.54) is 0 Å². The van der Waals surface area contributed by atoms with Crippen molar-refractivity contribution >= 4 is 0 Å². The summed E-state index contributed by atoms with van der Waals surface area (Å²) >= 11 is 0. The molecule has 2 N–H and O–H groups in total. The van der Waals surface area contributed by atoms with Crippen molar-refractivity contribution in [3.05, 3.63) is 0 Å². The molecule has 1 aliphatic heterocycles. The van der Waals surface area contributed by atoms with Gasteiger partial charge in [-0.25, -0.2) is 4.39 Å². The van der Waals surface area contributed by atoms with Gasteiger partial charge >= 0.3 is 0 Å². The van der Waals surface area contributed by atoms with Crippen LogP contribution in [-0.2, 0) is 0 Å². The Kier molecular flexibility index (Phi) is 2.74. The van der Waals surface area contributed by atoms with Crippen molar-refractivity contribution in [1.82, 2.24) is 4.90 Å². The first kappa shape index (κ1) is 9.93. The minimum Gasteiger partial charge on any atom is -0.324 e. The second-order valence-electron chi connectivity index (χ2n) is 4.59. The third-order valence-corrected chi connectivity index (χ3v) is 2.52. The number of rotatable bonds is 0. The lowest BCUT2D eigenvalue weighted by molar-refractivity contribution is 0.0593. The van der Waals surface area contributed by atoms with Crippen LogP contribution >= 0.6 is 0 Å². The number of nitrogens with zero attached hydrogens (tertiary/aromatic N) is 1. The van der Waals surface area contributed by atoms with Crippen molar-refractivity contribution in [3.8, 4) is 0 Å². The molecule has 0 aliphatic carbocycles. The van der Waals surface area contributed by atoms with E-state index in [9.17, 15) is 4.39 Å². The van der Waals surface area contributed by atoms with Gasteiger partial charge in [-0.05, 0) is 27.2 Å². The van der Waals surface area contributed by atoms with Gasteiger partial charge in [0.15, 0.2) is 0 Å². The van der Waals surface area contributed by atoms with E-state index in [0.717, 1.165) is 6.54 Å². The lowest BCUT2D eigenvalue weighted by Crippen LogP contribution is -2.55. The van der Waals surface area contributed by atoms with E-state index in [4.69, 9.17) is 5.73 Å². The topological polar surface area (TPSA) is 29.3 Å². The van der Waals surface area contributed by atoms with Gasteiger partial charge in [0.25, 0.3) is 0 Å². The lowest BCUT2D eigenvalue weighted by Gasteiger charge is -2.41. The molecule has 72 valence electrons. The lowest BCUT2D eigenvalue weighted by atomic mass is 9.97. The maximum Gasteiger partial charge on any atom is 0.118 e. The van der Waals surface area contributed by atoms with Crippen LogP contribution in [0.2, 0.25) is 0 Å². The molecule has 1 fully saturated rings. The number of piperidine rings is 1. The van der Waals surface area contributed by atoms with Gasteiger partial charge in [-0.1, -0.05) is 0 Å². The maximum atomic E-state index is 13.0. The van der Waals surface area contributed by atoms with Crippen molar-refractivity contribution in [2.24, 2.45) is 5.73 Å². The van der Waals surface area contributed by atoms with Gasteiger partial charge in [0.2, 0.25) is 0 Å². The Morgan fingerprint density at radius 1 is 1.42 bits per heavy atom. The Labute approximate surface area is 73.9 Å². The predicted octanol–water partition coefficient (Wildman–Crippen LogP) is 1.16. The Balaban J connectivity index is 2.51. The highest BCUT2D eigenvalue weighted by molar-refractivity contribution is 4.88. The highest BCUT2D eigenvalue weighted by atomic mass is 19.1. The molecule has 1 aliphatic rings. The second-order valence-corrected chi connectivity index (χ2v) is 4.59. The molecule has 0 amide bonds. The summed E-state index contributed by atoms with van der Waals surface area (Å²) in [5, 5.41) is 0. The van der Waals surface area contributed by atoms with Gasteiger partial charge in [0.05, 0.1) is 0 Å². The van der Waals surface area contributed by atoms with Gasteiger partial charge in [0, 0.05) is 24.7 Å². The largest absolute Gasteiger partial charge is 0.324 e. The number of likely N-dealkylation sites (tertiary alicyclic amines) is 1. The molecule has 0 aromatic carbocycles. The molecule has 2 nitrogen and oxygen atoms in total. The Morgan fingerprint density at radius 3 is 2.42 bits per heavy atom. The van der Waals surface area contributed by atoms with E-state index >= 15 is 0 Å². The molecule has 0 aromatic rings. The minimum atomic E-state index is -0.802. The first-order valence-electron chi connectivity index (χ1n) is 4.56. The van der Waals surface area contributed by atoms with Crippen molar-refractivity contribution in [2.75, 3.05) is 13.1 Å². The van der Waals surface area contributed by atoms with Crippen molar-refractivity contribution in [1.29, 1.82) is 0 Å². The zero-order valence-corrected chi connectivity index (χ0v) is 8.18. The molecule has 0 radical (unpaired) electrons. The highest BCUT2D eigenvalue weighted by Crippen LogP contribution is 2.20. The predicted molar refractivity (Wildman–Crippen MR) is 48.8 cm³/mol. The van der Waals surface area contributed by atoms with Gasteiger partial charge < -0.3 is 5.73 Å². The van der Waals surface area contributed by atoms with Crippen LogP contribution in [0.3, 0.4) is 0 Å². The first-order valence-corrected chi connectivity index (χ1v) is 4.56. The van der Waals surface area contributed by atoms with E-state index in [0.29, 0.717) is 13.0 Å². The van der Waals surface area contributed by atoms with Crippen molar-refractivity contribution in [3.63, 3.8) is 0 Å². The van der Waals surface area contributed by atoms with Crippen LogP contribution in [-0.4, -0.2) is 35.7 Å². The fourth-order valence-electron chi connectivity index (χ4n) is 1.56. The molecule has 1 saturated heterocycles. The van der Waals surface area contributed by atoms with Crippen LogP contribution in [0.25, 0.3) is 0 Å². The molecule has 0 saturated carbocycles. The van der Waals surface area contributed by atoms with Gasteiger partial charge in [0.1, 0.15) is 6.17 Å². The Bertz CT molecular complexity index is 153. The van der Waals surface area contributed by atoms with Crippen molar-refractivity contribution in [2.45, 2.75) is 44.9 Å². The average molecular weight is 174 g/mol. The molecule has 0 bridgehead atoms. The maximum absolute atomic E-state index is 13.0. The zero-order valence-electron chi connectivity index (χ0n) is 8.18. The SMILES string of the molecule is CC(C)(C)N1CC[C@@H](F)[C@@H](N)C1. The van der Waals surface area contributed by atoms with Crippen LogP contribution in [0.4, 0.5) is 4.39 Å². The third-order valence-electron chi connectivity index (χ3n) is 2.52. The summed E-state index contributed by atoms with van der Waals surface area (Å²) in [5.74, 6) is 0. The van der Waals surface area contributed by atoms with E-state index in [1.54, 1.807) is 0 Å². The summed E-state index contributed by atoms with van der Waals surface area (Å²) in [5.41, 5.74) is 5.77. The summed E-state index contributed by atoms with van der Waals surface area (Å²) < 4.78 is 13.0. The van der Waals surface area contributed by atoms with Crippen LogP contribution in [0, 0.1) is 0 Å². The second kappa shape index (κ2) is 3.30. The molecule has 1 rings (SSSR count). The number of halogens is 1. The average Bonchev–Trinajstić information content (AvgIpc) is 1.92. The van der Waals surface area contributed by atoms with Gasteiger partial charge in [-0.15, -0.1) is 0 Å². The molecule has 0 spiro atoms. The fraction of sp³-hybridized carbons (Fsp3) is 1.00. The van der Waals surface area contributed by atoms with Crippen LogP contribution in [0.1, 0.15) is 27.2 Å². The normalized spacial score (nSPS) is 33.8. The molecular formula is C9H19FN2. The minimum absolute atomic E-state index is 0.123. The van der Waals surface area contributed by atoms with E-state index in [-0.39, 0.29) is 11.6 Å². The number of alkyl halides is 1. The summed E-state index contributed by atoms with van der Waals surface area (Å²) in [4.78, 5) is 2.24. The quantitative estimate of drug-likeness (QED) is 0.597. The highest BCUT2D eigenvalue weighted by Gasteiger charge is 2.31. The molecule has 2 atom stereocenters. The molecule has 0 unspecified atom stereocenters. The number of hydrogen-bond acceptors (Lipinski definition) is 2. The summed E-state index contributed by atoms with van der Waals surface area (Å²) in [6.07, 6.45) is -0.220. The zero-order chi connectivity index (χ0) is 9.35. The van der Waals surface area contributed by atoms with E-state index < -0.39 is 6.17 Å². The van der Waals surface area contributed by atoms with Crippen LogP contribution < -0.4 is 5.73 Å². The molecular weight excluding hydrogens is 155 g/mol. The molecule has 3 heteroatoms. The third kappa shape index (κ3) is 2.17. The first-order chi connectivity index (χ1) is 5.41. The molecule has 0 aromatic heterocycles. The Hall–Kier alpha value is -0.150. The standard InChI is InChI=1S/C9H19FN2/c1-9(2,3)12-5-4-7(10)8(11)6-12/h7-8H,4-6,11H2,1-3H3/t7-,8+/m1/s1. The summed E-state index contributed by atoms with van der Waals surface area (Å²) in [7, 11) is 0. The van der Waals surface area contributed by atoms with Crippen LogP contribution in [0.5, 0.6) is 0 Å². The van der Waals surface area contributed by atoms with Gasteiger partial charge in [-0.3, -0.25) is 4.90 Å². The van der Waals surface area contributed by atoms with Crippen LogP contribution in [0.15, 0.2) is 0 Å². The number of nitrogens with two attached hydrogens (primary N) is 1. The van der Waals surface area contributed by atoms with E-state index in [1.807, 2.05) is 0 Å². The number of hydrogen-bond donors (Lipinski definition) is 1. The van der Waals surface area contributed by atoms with Gasteiger partial charge in [-0.2, -0.15) is 0 Å². The summed E-state index contributed by atoms with van der Waals surface area (Å²) in [6.45, 7) is 7.93. The molecule has 1 heterocycles. The molecule has 12 heavy (non-hydrogen) atoms. The smallest absolute Gasteiger partial charge is 0.118 e. The van der Waals surface area contributed by atoms with E-state index in [2.05, 4.69) is 25.7 Å². The monoisotopic (exact) mass is 174 g/mol. The summed E-state index contributed by atoms with van der Waals surface area (Å²) in [6, 6.07) is -0.294. The Morgan fingerprint density at radius 2 is 2.00 bits per heavy atom. The fourth-order valence-corrected chi connectivity index (χ4v) is 1.56.